The largest absolute Gasteiger partial charge is 0.493 e. The van der Waals surface area contributed by atoms with E-state index in [1.165, 1.54) is 18.2 Å². The van der Waals surface area contributed by atoms with Gasteiger partial charge >= 0.3 is 0 Å². The van der Waals surface area contributed by atoms with Crippen molar-refractivity contribution in [2.24, 2.45) is 0 Å². The van der Waals surface area contributed by atoms with Crippen LogP contribution in [0.3, 0.4) is 0 Å². The smallest absolute Gasteiger partial charge is 0.271 e. The number of carbonyl (C=O) groups is 1. The van der Waals surface area contributed by atoms with E-state index in [1.54, 1.807) is 42.5 Å². The normalized spacial score (nSPS) is 11.5. The van der Waals surface area contributed by atoms with E-state index in [4.69, 9.17) is 4.74 Å². The number of anilines is 1. The second-order valence-corrected chi connectivity index (χ2v) is 9.26. The van der Waals surface area contributed by atoms with Crippen LogP contribution in [0, 0.1) is 13.8 Å². The van der Waals surface area contributed by atoms with E-state index in [9.17, 15) is 13.2 Å². The maximum absolute atomic E-state index is 13.4. The van der Waals surface area contributed by atoms with Crippen LogP contribution in [0.15, 0.2) is 83.8 Å². The molecule has 0 saturated carbocycles. The van der Waals surface area contributed by atoms with E-state index in [2.05, 4.69) is 0 Å². The number of hydrogen-bond acceptors (Lipinski definition) is 4. The maximum Gasteiger partial charge on any atom is 0.271 e. The summed E-state index contributed by atoms with van der Waals surface area (Å²) in [5.74, 6) is -0.0265. The number of nitrogens with zero attached hydrogens (tertiary/aromatic N) is 1. The van der Waals surface area contributed by atoms with E-state index in [-0.39, 0.29) is 10.6 Å². The minimum absolute atomic E-state index is 0.0529. The molecule has 0 unspecified atom stereocenters. The molecular weight excluding hydrogens is 422 g/mol. The molecule has 3 aromatic carbocycles. The lowest BCUT2D eigenvalue weighted by Gasteiger charge is -2.21. The van der Waals surface area contributed by atoms with Crippen LogP contribution in [0.4, 0.5) is 5.69 Å². The minimum Gasteiger partial charge on any atom is -0.493 e. The second-order valence-electron chi connectivity index (χ2n) is 7.48. The SMILES string of the molecule is CCCOc1ccccc1/C=C/C(=O)N(c1ccc(C)cc1)S(=O)(=O)c1ccc(C)cc1. The van der Waals surface area contributed by atoms with Crippen molar-refractivity contribution >= 4 is 27.7 Å². The summed E-state index contributed by atoms with van der Waals surface area (Å²) in [6.45, 7) is 6.34. The zero-order valence-corrected chi connectivity index (χ0v) is 19.3. The van der Waals surface area contributed by atoms with E-state index in [0.29, 0.717) is 17.9 Å². The quantitative estimate of drug-likeness (QED) is 0.424. The molecule has 0 bridgehead atoms. The van der Waals surface area contributed by atoms with E-state index < -0.39 is 15.9 Å². The average Bonchev–Trinajstić information content (AvgIpc) is 2.78. The molecule has 0 saturated heterocycles. The Kier molecular flexibility index (Phi) is 7.49. The Balaban J connectivity index is 2.01. The Labute approximate surface area is 190 Å². The number of hydrogen-bond donors (Lipinski definition) is 0. The zero-order chi connectivity index (χ0) is 23.1. The van der Waals surface area contributed by atoms with Gasteiger partial charge in [-0.05, 0) is 56.7 Å². The third kappa shape index (κ3) is 5.45. The van der Waals surface area contributed by atoms with E-state index >= 15 is 0 Å². The fourth-order valence-electron chi connectivity index (χ4n) is 3.07. The van der Waals surface area contributed by atoms with E-state index in [1.807, 2.05) is 45.0 Å². The lowest BCUT2D eigenvalue weighted by atomic mass is 10.2. The molecule has 0 fully saturated rings. The summed E-state index contributed by atoms with van der Waals surface area (Å²) in [5.41, 5.74) is 2.87. The van der Waals surface area contributed by atoms with Gasteiger partial charge in [0.15, 0.2) is 0 Å². The Bertz CT molecular complexity index is 1200. The number of rotatable bonds is 8. The van der Waals surface area contributed by atoms with Gasteiger partial charge in [-0.15, -0.1) is 0 Å². The highest BCUT2D eigenvalue weighted by Crippen LogP contribution is 2.26. The van der Waals surface area contributed by atoms with Crippen LogP contribution >= 0.6 is 0 Å². The summed E-state index contributed by atoms with van der Waals surface area (Å²) in [6.07, 6.45) is 3.70. The summed E-state index contributed by atoms with van der Waals surface area (Å²) in [4.78, 5) is 13.3. The monoisotopic (exact) mass is 449 g/mol. The predicted octanol–water partition coefficient (Wildman–Crippen LogP) is 5.53. The molecule has 0 N–H and O–H groups in total. The standard InChI is InChI=1S/C26H27NO4S/c1-4-19-31-25-8-6-5-7-22(25)13-18-26(28)27(23-14-9-20(2)10-15-23)32(29,30)24-16-11-21(3)12-17-24/h5-18H,4,19H2,1-3H3/b18-13+. The first-order valence-electron chi connectivity index (χ1n) is 10.5. The molecule has 0 heterocycles. The first-order valence-corrected chi connectivity index (χ1v) is 11.9. The summed E-state index contributed by atoms with van der Waals surface area (Å²) in [7, 11) is -4.11. The van der Waals surface area contributed by atoms with Crippen molar-refractivity contribution in [1.82, 2.24) is 0 Å². The van der Waals surface area contributed by atoms with Crippen LogP contribution in [0.2, 0.25) is 0 Å². The van der Waals surface area contributed by atoms with Crippen molar-refractivity contribution in [2.75, 3.05) is 10.9 Å². The number of aryl methyl sites for hydroxylation is 2. The lowest BCUT2D eigenvalue weighted by Crippen LogP contribution is -2.35. The van der Waals surface area contributed by atoms with Gasteiger partial charge in [0.2, 0.25) is 0 Å². The van der Waals surface area contributed by atoms with Crippen molar-refractivity contribution in [3.63, 3.8) is 0 Å². The molecule has 0 radical (unpaired) electrons. The number of sulfonamides is 1. The van der Waals surface area contributed by atoms with Crippen LogP contribution in [0.5, 0.6) is 5.75 Å². The highest BCUT2D eigenvalue weighted by atomic mass is 32.2. The molecule has 32 heavy (non-hydrogen) atoms. The molecule has 0 spiro atoms. The van der Waals surface area contributed by atoms with Gasteiger partial charge in [0.25, 0.3) is 15.9 Å². The van der Waals surface area contributed by atoms with Crippen molar-refractivity contribution in [3.05, 3.63) is 95.6 Å². The summed E-state index contributed by atoms with van der Waals surface area (Å²) in [6, 6.07) is 20.6. The second kappa shape index (κ2) is 10.3. The molecular formula is C26H27NO4S. The third-order valence-corrected chi connectivity index (χ3v) is 6.55. The van der Waals surface area contributed by atoms with Crippen LogP contribution < -0.4 is 9.04 Å². The topological polar surface area (TPSA) is 63.7 Å². The maximum atomic E-state index is 13.4. The Morgan fingerprint density at radius 1 is 0.906 bits per heavy atom. The van der Waals surface area contributed by atoms with Gasteiger partial charge in [0.05, 0.1) is 17.2 Å². The van der Waals surface area contributed by atoms with Crippen LogP contribution in [-0.4, -0.2) is 20.9 Å². The van der Waals surface area contributed by atoms with Gasteiger partial charge in [0.1, 0.15) is 5.75 Å². The summed E-state index contributed by atoms with van der Waals surface area (Å²) < 4.78 is 33.4. The minimum atomic E-state index is -4.11. The van der Waals surface area contributed by atoms with Crippen molar-refractivity contribution in [2.45, 2.75) is 32.1 Å². The van der Waals surface area contributed by atoms with Crippen LogP contribution in [0.25, 0.3) is 6.08 Å². The molecule has 3 rings (SSSR count). The highest BCUT2D eigenvalue weighted by Gasteiger charge is 2.29. The lowest BCUT2D eigenvalue weighted by molar-refractivity contribution is -0.113. The average molecular weight is 450 g/mol. The molecule has 0 aliphatic heterocycles. The molecule has 0 atom stereocenters. The molecule has 0 aromatic heterocycles. The van der Waals surface area contributed by atoms with E-state index in [0.717, 1.165) is 21.9 Å². The number of benzene rings is 3. The van der Waals surface area contributed by atoms with Gasteiger partial charge in [-0.3, -0.25) is 4.79 Å². The Hall–Kier alpha value is -3.38. The van der Waals surface area contributed by atoms with Crippen molar-refractivity contribution in [1.29, 1.82) is 0 Å². The molecule has 6 heteroatoms. The zero-order valence-electron chi connectivity index (χ0n) is 18.5. The molecule has 3 aromatic rings. The summed E-state index contributed by atoms with van der Waals surface area (Å²) >= 11 is 0. The number of para-hydroxylation sites is 1. The van der Waals surface area contributed by atoms with Gasteiger partial charge in [-0.2, -0.15) is 4.31 Å². The first-order chi connectivity index (χ1) is 15.3. The van der Waals surface area contributed by atoms with Crippen LogP contribution in [0.1, 0.15) is 30.0 Å². The van der Waals surface area contributed by atoms with Gasteiger partial charge in [0, 0.05) is 11.6 Å². The predicted molar refractivity (Wildman–Crippen MR) is 128 cm³/mol. The fourth-order valence-corrected chi connectivity index (χ4v) is 4.46. The molecule has 0 aliphatic rings. The Morgan fingerprint density at radius 3 is 2.12 bits per heavy atom. The summed E-state index contributed by atoms with van der Waals surface area (Å²) in [5, 5.41) is 0. The van der Waals surface area contributed by atoms with Crippen LogP contribution in [-0.2, 0) is 14.8 Å². The highest BCUT2D eigenvalue weighted by molar-refractivity contribution is 7.93. The van der Waals surface area contributed by atoms with Gasteiger partial charge < -0.3 is 4.74 Å². The van der Waals surface area contributed by atoms with Crippen molar-refractivity contribution in [3.8, 4) is 5.75 Å². The van der Waals surface area contributed by atoms with Gasteiger partial charge in [-0.25, -0.2) is 8.42 Å². The van der Waals surface area contributed by atoms with Gasteiger partial charge in [-0.1, -0.05) is 60.5 Å². The fraction of sp³-hybridized carbons (Fsp3) is 0.192. The van der Waals surface area contributed by atoms with Crippen molar-refractivity contribution < 1.29 is 17.9 Å². The Morgan fingerprint density at radius 2 is 1.50 bits per heavy atom. The molecule has 1 amide bonds. The molecule has 0 aliphatic carbocycles. The first kappa shape index (κ1) is 23.3. The third-order valence-electron chi connectivity index (χ3n) is 4.81. The number of carbonyl (C=O) groups excluding carboxylic acids is 1. The number of ether oxygens (including phenoxy) is 1. The number of amides is 1. The molecule has 5 nitrogen and oxygen atoms in total. The molecule has 166 valence electrons.